The number of rotatable bonds is 6. The first-order valence-corrected chi connectivity index (χ1v) is 10.6. The van der Waals surface area contributed by atoms with E-state index in [9.17, 15) is 13.5 Å². The lowest BCUT2D eigenvalue weighted by Crippen LogP contribution is -2.16. The molecule has 1 unspecified atom stereocenters. The Morgan fingerprint density at radius 2 is 1.79 bits per heavy atom. The molecule has 0 fully saturated rings. The topological polar surface area (TPSA) is 103 Å². The largest absolute Gasteiger partial charge is 0.387 e. The van der Waals surface area contributed by atoms with Gasteiger partial charge in [-0.1, -0.05) is 37.3 Å². The van der Waals surface area contributed by atoms with Crippen LogP contribution in [0.25, 0.3) is 11.1 Å². The van der Waals surface area contributed by atoms with E-state index in [1.165, 1.54) is 0 Å². The molecule has 6 nitrogen and oxygen atoms in total. The van der Waals surface area contributed by atoms with Crippen LogP contribution in [0.4, 0.5) is 5.82 Å². The fraction of sp³-hybridized carbons (Fsp3) is 0.182. The van der Waals surface area contributed by atoms with E-state index in [4.69, 9.17) is 5.26 Å². The number of nitrogens with one attached hydrogen (secondary N) is 1. The van der Waals surface area contributed by atoms with Gasteiger partial charge in [0.2, 0.25) is 0 Å². The van der Waals surface area contributed by atoms with E-state index < -0.39 is 16.1 Å². The molecule has 0 aliphatic heterocycles. The van der Waals surface area contributed by atoms with Crippen LogP contribution in [-0.4, -0.2) is 18.5 Å². The molecule has 1 aromatic heterocycles. The number of nitrogens with zero attached hydrogens (tertiary/aromatic N) is 2. The van der Waals surface area contributed by atoms with Gasteiger partial charge in [-0.25, -0.2) is 13.4 Å². The lowest BCUT2D eigenvalue weighted by Gasteiger charge is -2.13. The van der Waals surface area contributed by atoms with Crippen molar-refractivity contribution in [1.82, 2.24) is 4.98 Å². The molecule has 0 aliphatic carbocycles. The third kappa shape index (κ3) is 4.62. The third-order valence-electron chi connectivity index (χ3n) is 4.55. The van der Waals surface area contributed by atoms with Gasteiger partial charge in [-0.2, -0.15) is 5.26 Å². The lowest BCUT2D eigenvalue weighted by atomic mass is 10.0. The van der Waals surface area contributed by atoms with Crippen LogP contribution < -0.4 is 4.72 Å². The Bertz CT molecular complexity index is 1170. The molecule has 0 radical (unpaired) electrons. The van der Waals surface area contributed by atoms with Gasteiger partial charge >= 0.3 is 0 Å². The number of nitriles is 1. The van der Waals surface area contributed by atoms with Crippen molar-refractivity contribution >= 4 is 15.8 Å². The van der Waals surface area contributed by atoms with E-state index in [1.807, 2.05) is 19.1 Å². The van der Waals surface area contributed by atoms with Crippen molar-refractivity contribution in [1.29, 1.82) is 5.26 Å². The van der Waals surface area contributed by atoms with Gasteiger partial charge in [-0.05, 0) is 60.4 Å². The smallest absolute Gasteiger partial charge is 0.263 e. The van der Waals surface area contributed by atoms with Crippen molar-refractivity contribution in [3.63, 3.8) is 0 Å². The van der Waals surface area contributed by atoms with Gasteiger partial charge in [-0.3, -0.25) is 4.72 Å². The van der Waals surface area contributed by atoms with Gasteiger partial charge in [0.15, 0.2) is 0 Å². The highest BCUT2D eigenvalue weighted by Gasteiger charge is 2.19. The molecule has 0 spiro atoms. The van der Waals surface area contributed by atoms with Gasteiger partial charge < -0.3 is 5.11 Å². The normalized spacial score (nSPS) is 12.2. The highest BCUT2D eigenvalue weighted by Crippen LogP contribution is 2.26. The summed E-state index contributed by atoms with van der Waals surface area (Å²) in [6.45, 7) is 3.55. The SMILES string of the molecule is CCC(O)c1cccc(NS(=O)(=O)c2ccc(-c3ccc(C#N)cc3)cc2C)n1. The summed E-state index contributed by atoms with van der Waals surface area (Å²) in [5, 5.41) is 18.8. The minimum atomic E-state index is -3.84. The monoisotopic (exact) mass is 407 g/mol. The average Bonchev–Trinajstić information content (AvgIpc) is 2.72. The zero-order valence-electron chi connectivity index (χ0n) is 16.1. The molecule has 3 rings (SSSR count). The van der Waals surface area contributed by atoms with E-state index in [1.54, 1.807) is 55.5 Å². The Morgan fingerprint density at radius 1 is 1.10 bits per heavy atom. The van der Waals surface area contributed by atoms with Crippen molar-refractivity contribution in [2.45, 2.75) is 31.3 Å². The van der Waals surface area contributed by atoms with Crippen LogP contribution in [0, 0.1) is 18.3 Å². The maximum absolute atomic E-state index is 12.9. The number of pyridine rings is 1. The Kier molecular flexibility index (Phi) is 5.97. The van der Waals surface area contributed by atoms with Crippen LogP contribution in [0.1, 0.15) is 36.3 Å². The van der Waals surface area contributed by atoms with Crippen LogP contribution in [0.5, 0.6) is 0 Å². The number of aliphatic hydroxyl groups excluding tert-OH is 1. The average molecular weight is 407 g/mol. The Balaban J connectivity index is 1.88. The summed E-state index contributed by atoms with van der Waals surface area (Å²) in [6, 6.07) is 19.1. The molecule has 0 bridgehead atoms. The van der Waals surface area contributed by atoms with Gasteiger partial charge in [-0.15, -0.1) is 0 Å². The van der Waals surface area contributed by atoms with Crippen LogP contribution in [0.2, 0.25) is 0 Å². The maximum Gasteiger partial charge on any atom is 0.263 e. The summed E-state index contributed by atoms with van der Waals surface area (Å²) in [5.74, 6) is 0.158. The summed E-state index contributed by atoms with van der Waals surface area (Å²) in [4.78, 5) is 4.35. The van der Waals surface area contributed by atoms with Crippen molar-refractivity contribution in [3.05, 3.63) is 77.5 Å². The second kappa shape index (κ2) is 8.43. The van der Waals surface area contributed by atoms with Gasteiger partial charge in [0.25, 0.3) is 10.0 Å². The van der Waals surface area contributed by atoms with Gasteiger partial charge in [0.1, 0.15) is 5.82 Å². The summed E-state index contributed by atoms with van der Waals surface area (Å²) < 4.78 is 28.2. The lowest BCUT2D eigenvalue weighted by molar-refractivity contribution is 0.169. The molecule has 148 valence electrons. The van der Waals surface area contributed by atoms with E-state index in [2.05, 4.69) is 15.8 Å². The fourth-order valence-electron chi connectivity index (χ4n) is 2.96. The number of hydrogen-bond donors (Lipinski definition) is 2. The molecule has 0 saturated heterocycles. The van der Waals surface area contributed by atoms with Crippen LogP contribution in [0.15, 0.2) is 65.6 Å². The predicted octanol–water partition coefficient (Wildman–Crippen LogP) is 4.17. The molecule has 3 aromatic rings. The van der Waals surface area contributed by atoms with E-state index in [0.717, 1.165) is 11.1 Å². The second-order valence-corrected chi connectivity index (χ2v) is 8.30. The van der Waals surface area contributed by atoms with Crippen molar-refractivity contribution in [2.75, 3.05) is 4.72 Å². The highest BCUT2D eigenvalue weighted by molar-refractivity contribution is 7.92. The number of benzene rings is 2. The summed E-state index contributed by atoms with van der Waals surface area (Å²) in [5.41, 5.74) is 3.32. The van der Waals surface area contributed by atoms with E-state index >= 15 is 0 Å². The van der Waals surface area contributed by atoms with Gasteiger partial charge in [0.05, 0.1) is 28.3 Å². The molecule has 7 heteroatoms. The van der Waals surface area contributed by atoms with Crippen molar-refractivity contribution in [3.8, 4) is 17.2 Å². The molecule has 1 heterocycles. The molecule has 2 aromatic carbocycles. The zero-order valence-corrected chi connectivity index (χ0v) is 16.9. The Labute approximate surface area is 170 Å². The molecular formula is C22H21N3O3S. The standard InChI is InChI=1S/C22H21N3O3S/c1-3-20(26)19-5-4-6-22(24-19)25-29(27,28)21-12-11-18(13-15(21)2)17-9-7-16(14-23)8-10-17/h4-13,20,26H,3H2,1-2H3,(H,24,25). The number of hydrogen-bond acceptors (Lipinski definition) is 5. The van der Waals surface area contributed by atoms with E-state index in [-0.39, 0.29) is 10.7 Å². The summed E-state index contributed by atoms with van der Waals surface area (Å²) >= 11 is 0. The second-order valence-electron chi connectivity index (χ2n) is 6.65. The first-order chi connectivity index (χ1) is 13.8. The zero-order chi connectivity index (χ0) is 21.0. The van der Waals surface area contributed by atoms with Crippen molar-refractivity contribution in [2.24, 2.45) is 0 Å². The van der Waals surface area contributed by atoms with E-state index in [0.29, 0.717) is 23.2 Å². The summed E-state index contributed by atoms with van der Waals surface area (Å²) in [6.07, 6.45) is -0.257. The Morgan fingerprint density at radius 3 is 2.41 bits per heavy atom. The van der Waals surface area contributed by atoms with Crippen LogP contribution >= 0.6 is 0 Å². The molecular weight excluding hydrogens is 386 g/mol. The molecule has 0 amide bonds. The summed E-state index contributed by atoms with van der Waals surface area (Å²) in [7, 11) is -3.84. The number of sulfonamides is 1. The molecule has 2 N–H and O–H groups in total. The molecule has 1 atom stereocenters. The predicted molar refractivity (Wildman–Crippen MR) is 112 cm³/mol. The fourth-order valence-corrected chi connectivity index (χ4v) is 4.19. The quantitative estimate of drug-likeness (QED) is 0.638. The first-order valence-electron chi connectivity index (χ1n) is 9.13. The van der Waals surface area contributed by atoms with Crippen molar-refractivity contribution < 1.29 is 13.5 Å². The van der Waals surface area contributed by atoms with Gasteiger partial charge in [0, 0.05) is 0 Å². The minimum Gasteiger partial charge on any atom is -0.387 e. The first kappa shape index (κ1) is 20.5. The van der Waals surface area contributed by atoms with Crippen LogP contribution in [-0.2, 0) is 10.0 Å². The van der Waals surface area contributed by atoms with Crippen LogP contribution in [0.3, 0.4) is 0 Å². The molecule has 0 aliphatic rings. The number of anilines is 1. The number of aliphatic hydroxyl groups is 1. The Hall–Kier alpha value is -3.21. The highest BCUT2D eigenvalue weighted by atomic mass is 32.2. The third-order valence-corrected chi connectivity index (χ3v) is 6.06. The molecule has 0 saturated carbocycles. The number of aromatic nitrogens is 1. The maximum atomic E-state index is 12.9. The molecule has 29 heavy (non-hydrogen) atoms. The number of aryl methyl sites for hydroxylation is 1. The minimum absolute atomic E-state index is 0.151.